The van der Waals surface area contributed by atoms with Gasteiger partial charge in [-0.15, -0.1) is 0 Å². The Hall–Kier alpha value is -7.94. The fourth-order valence-corrected chi connectivity index (χ4v) is 10.7. The molecule has 10 aromatic carbocycles. The average Bonchev–Trinajstić information content (AvgIpc) is 3.81. The molecular formula is C61H44N2. The minimum absolute atomic E-state index is 0.155. The van der Waals surface area contributed by atoms with Gasteiger partial charge in [-0.2, -0.15) is 0 Å². The SMILES string of the molecule is CC1(C)c2ccccc2-c2cccc(-c3cccc(N(c4ccccc4-c4cccc5cccc(-c6ccccc6)c45)c4cccc5c6ccccc6n(-c6ccccc6)c45)c3)c21. The van der Waals surface area contributed by atoms with Crippen LogP contribution in [0.4, 0.5) is 17.1 Å². The predicted octanol–water partition coefficient (Wildman–Crippen LogP) is 16.7. The normalized spacial score (nSPS) is 12.7. The molecule has 11 aromatic rings. The maximum atomic E-state index is 2.52. The molecule has 1 aliphatic carbocycles. The molecule has 1 aliphatic rings. The molecule has 0 N–H and O–H groups in total. The molecule has 2 heteroatoms. The molecule has 0 amide bonds. The number of fused-ring (bicyclic) bond motifs is 7. The Morgan fingerprint density at radius 2 is 0.968 bits per heavy atom. The van der Waals surface area contributed by atoms with Crippen molar-refractivity contribution in [3.05, 3.63) is 242 Å². The number of nitrogens with zero attached hydrogens (tertiary/aromatic N) is 2. The van der Waals surface area contributed by atoms with Crippen LogP contribution in [0.1, 0.15) is 25.0 Å². The standard InChI is InChI=1S/C61H44N2/c1-61(2)54-36-12-9-28-48(54)52-34-18-32-47(59(52)61)43-24-15-27-45(40-43)62(57-39-19-35-53-50-30-11-14-38-56(50)63(60(53)57)44-25-7-4-8-26-44)55-37-13-10-29-49(55)51-33-17-23-42-22-16-31-46(58(42)51)41-20-5-3-6-21-41/h3-40H,1-2H3. The molecule has 1 heterocycles. The lowest BCUT2D eigenvalue weighted by atomic mass is 9.79. The number of anilines is 3. The molecule has 0 unspecified atom stereocenters. The highest BCUT2D eigenvalue weighted by Crippen LogP contribution is 2.53. The van der Waals surface area contributed by atoms with E-state index in [1.807, 2.05) is 0 Å². The molecule has 0 fully saturated rings. The number of benzene rings is 10. The van der Waals surface area contributed by atoms with Gasteiger partial charge in [0.05, 0.1) is 22.4 Å². The zero-order valence-electron chi connectivity index (χ0n) is 35.3. The van der Waals surface area contributed by atoms with Crippen molar-refractivity contribution in [1.82, 2.24) is 4.57 Å². The van der Waals surface area contributed by atoms with Crippen LogP contribution in [0.25, 0.3) is 82.8 Å². The van der Waals surface area contributed by atoms with Gasteiger partial charge in [-0.3, -0.25) is 0 Å². The van der Waals surface area contributed by atoms with E-state index >= 15 is 0 Å². The first-order chi connectivity index (χ1) is 31.1. The van der Waals surface area contributed by atoms with Crippen LogP contribution in [0.15, 0.2) is 231 Å². The fourth-order valence-electron chi connectivity index (χ4n) is 10.7. The van der Waals surface area contributed by atoms with Gasteiger partial charge in [0.15, 0.2) is 0 Å². The highest BCUT2D eigenvalue weighted by atomic mass is 15.2. The second kappa shape index (κ2) is 14.6. The van der Waals surface area contributed by atoms with E-state index in [9.17, 15) is 0 Å². The van der Waals surface area contributed by atoms with E-state index in [4.69, 9.17) is 0 Å². The number of hydrogen-bond donors (Lipinski definition) is 0. The summed E-state index contributed by atoms with van der Waals surface area (Å²) in [5.41, 5.74) is 19.3. The second-order valence-electron chi connectivity index (χ2n) is 17.2. The van der Waals surface area contributed by atoms with Crippen molar-refractivity contribution in [2.75, 3.05) is 4.90 Å². The quantitative estimate of drug-likeness (QED) is 0.156. The third kappa shape index (κ3) is 5.79. The molecular weight excluding hydrogens is 761 g/mol. The van der Waals surface area contributed by atoms with Crippen molar-refractivity contribution in [2.24, 2.45) is 0 Å². The van der Waals surface area contributed by atoms with Crippen molar-refractivity contribution in [2.45, 2.75) is 19.3 Å². The number of aromatic nitrogens is 1. The Balaban J connectivity index is 1.16. The minimum atomic E-state index is -0.155. The van der Waals surface area contributed by atoms with Crippen molar-refractivity contribution in [1.29, 1.82) is 0 Å². The lowest BCUT2D eigenvalue weighted by Gasteiger charge is -2.30. The third-order valence-corrected chi connectivity index (χ3v) is 13.3. The molecule has 0 saturated heterocycles. The van der Waals surface area contributed by atoms with Gasteiger partial charge in [0, 0.05) is 33.1 Å². The summed E-state index contributed by atoms with van der Waals surface area (Å²) in [6.45, 7) is 4.76. The van der Waals surface area contributed by atoms with Crippen molar-refractivity contribution in [3.8, 4) is 50.2 Å². The highest BCUT2D eigenvalue weighted by Gasteiger charge is 2.37. The van der Waals surface area contributed by atoms with Gasteiger partial charge in [-0.25, -0.2) is 0 Å². The van der Waals surface area contributed by atoms with Gasteiger partial charge in [-0.05, 0) is 103 Å². The first kappa shape index (κ1) is 36.9. The van der Waals surface area contributed by atoms with Gasteiger partial charge in [0.2, 0.25) is 0 Å². The summed E-state index contributed by atoms with van der Waals surface area (Å²) in [7, 11) is 0. The first-order valence-corrected chi connectivity index (χ1v) is 21.9. The van der Waals surface area contributed by atoms with Crippen LogP contribution in [0.2, 0.25) is 0 Å². The Kier molecular flexibility index (Phi) is 8.55. The lowest BCUT2D eigenvalue weighted by Crippen LogP contribution is -2.16. The zero-order valence-corrected chi connectivity index (χ0v) is 35.3. The summed E-state index contributed by atoms with van der Waals surface area (Å²) in [5, 5.41) is 4.89. The van der Waals surface area contributed by atoms with E-state index in [0.29, 0.717) is 0 Å². The van der Waals surface area contributed by atoms with Crippen LogP contribution < -0.4 is 4.90 Å². The van der Waals surface area contributed by atoms with E-state index < -0.39 is 0 Å². The number of rotatable bonds is 7. The molecule has 1 aromatic heterocycles. The van der Waals surface area contributed by atoms with Gasteiger partial charge in [0.1, 0.15) is 0 Å². The van der Waals surface area contributed by atoms with E-state index in [-0.39, 0.29) is 5.41 Å². The van der Waals surface area contributed by atoms with Crippen molar-refractivity contribution >= 4 is 49.6 Å². The smallest absolute Gasteiger partial charge is 0.0782 e. The molecule has 2 nitrogen and oxygen atoms in total. The third-order valence-electron chi connectivity index (χ3n) is 13.3. The van der Waals surface area contributed by atoms with E-state index in [1.54, 1.807) is 0 Å². The zero-order chi connectivity index (χ0) is 42.1. The molecule has 298 valence electrons. The highest BCUT2D eigenvalue weighted by molar-refractivity contribution is 6.15. The molecule has 0 radical (unpaired) electrons. The molecule has 0 atom stereocenters. The molecule has 0 saturated carbocycles. The number of para-hydroxylation sites is 4. The molecule has 0 spiro atoms. The molecule has 0 aliphatic heterocycles. The summed E-state index contributed by atoms with van der Waals surface area (Å²) in [4.78, 5) is 2.52. The van der Waals surface area contributed by atoms with Gasteiger partial charge >= 0.3 is 0 Å². The fraction of sp³-hybridized carbons (Fsp3) is 0.0492. The first-order valence-electron chi connectivity index (χ1n) is 21.9. The molecule has 63 heavy (non-hydrogen) atoms. The Bertz CT molecular complexity index is 3530. The maximum absolute atomic E-state index is 2.52. The summed E-state index contributed by atoms with van der Waals surface area (Å²) in [6.07, 6.45) is 0. The minimum Gasteiger partial charge on any atom is -0.308 e. The van der Waals surface area contributed by atoms with Crippen LogP contribution in [0.3, 0.4) is 0 Å². The van der Waals surface area contributed by atoms with Crippen LogP contribution in [-0.2, 0) is 5.41 Å². The average molecular weight is 805 g/mol. The van der Waals surface area contributed by atoms with Gasteiger partial charge in [0.25, 0.3) is 0 Å². The lowest BCUT2D eigenvalue weighted by molar-refractivity contribution is 0.662. The second-order valence-corrected chi connectivity index (χ2v) is 17.2. The summed E-state index contributed by atoms with van der Waals surface area (Å²) in [6, 6.07) is 84.7. The van der Waals surface area contributed by atoms with Crippen LogP contribution in [0, 0.1) is 0 Å². The Morgan fingerprint density at radius 1 is 0.397 bits per heavy atom. The monoisotopic (exact) mass is 804 g/mol. The molecule has 12 rings (SSSR count). The van der Waals surface area contributed by atoms with Crippen LogP contribution in [-0.4, -0.2) is 4.57 Å². The largest absolute Gasteiger partial charge is 0.308 e. The van der Waals surface area contributed by atoms with Gasteiger partial charge in [-0.1, -0.05) is 202 Å². The van der Waals surface area contributed by atoms with Crippen molar-refractivity contribution < 1.29 is 0 Å². The van der Waals surface area contributed by atoms with Crippen LogP contribution in [0.5, 0.6) is 0 Å². The van der Waals surface area contributed by atoms with E-state index in [2.05, 4.69) is 254 Å². The topological polar surface area (TPSA) is 8.17 Å². The predicted molar refractivity (Wildman–Crippen MR) is 267 cm³/mol. The summed E-state index contributed by atoms with van der Waals surface area (Å²) >= 11 is 0. The van der Waals surface area contributed by atoms with E-state index in [0.717, 1.165) is 33.8 Å². The van der Waals surface area contributed by atoms with Crippen molar-refractivity contribution in [3.63, 3.8) is 0 Å². The van der Waals surface area contributed by atoms with E-state index in [1.165, 1.54) is 77.1 Å². The summed E-state index contributed by atoms with van der Waals surface area (Å²) < 4.78 is 2.45. The molecule has 0 bridgehead atoms. The Morgan fingerprint density at radius 3 is 1.81 bits per heavy atom. The van der Waals surface area contributed by atoms with Crippen LogP contribution >= 0.6 is 0 Å². The Labute approximate surface area is 368 Å². The summed E-state index contributed by atoms with van der Waals surface area (Å²) in [5.74, 6) is 0. The maximum Gasteiger partial charge on any atom is 0.0782 e. The number of hydrogen-bond acceptors (Lipinski definition) is 1. The van der Waals surface area contributed by atoms with Gasteiger partial charge < -0.3 is 9.47 Å².